The number of nitrogens with one attached hydrogen (secondary N) is 3. The molecule has 0 aliphatic carbocycles. The van der Waals surface area contributed by atoms with Gasteiger partial charge >= 0.3 is 35.0 Å². The highest BCUT2D eigenvalue weighted by molar-refractivity contribution is 7.86. The number of halogens is 1. The SMILES string of the molecule is COC(=O)[C@@H](C)OS(C)(=O)=O.COC(=O)[C@H](C)n1cnc2[nH]c(=O)n(C)c(=O)c21.C[C@@H](C(=O)O)n1cnc2[nH]c(=O)n(C)c(=O)c21.Cl.Cn1c(=O)[nH]c2c(c1=O)CC=N2. The molecular weight excluding hydrogens is 834 g/mol. The molecule has 0 bridgehead atoms. The van der Waals surface area contributed by atoms with Crippen LogP contribution in [0.4, 0.5) is 5.82 Å². The van der Waals surface area contributed by atoms with Crippen molar-refractivity contribution in [3.63, 3.8) is 0 Å². The smallest absolute Gasteiger partial charge is 0.336 e. The summed E-state index contributed by atoms with van der Waals surface area (Å²) in [6.45, 7) is 4.30. The molecule has 1 aliphatic heterocycles. The van der Waals surface area contributed by atoms with Crippen molar-refractivity contribution in [1.82, 2.24) is 47.8 Å². The van der Waals surface area contributed by atoms with Crippen molar-refractivity contribution in [3.05, 3.63) is 80.7 Å². The number of nitrogens with zero attached hydrogens (tertiary/aromatic N) is 8. The summed E-state index contributed by atoms with van der Waals surface area (Å²) in [5.41, 5.74) is -1.86. The van der Waals surface area contributed by atoms with Crippen LogP contribution in [0.5, 0.6) is 0 Å². The molecule has 0 saturated carbocycles. The lowest BCUT2D eigenvalue weighted by Crippen LogP contribution is -2.34. The Morgan fingerprint density at radius 1 is 0.729 bits per heavy atom. The molecule has 59 heavy (non-hydrogen) atoms. The van der Waals surface area contributed by atoms with Gasteiger partial charge in [-0.05, 0) is 20.8 Å². The number of carboxylic acids is 1. The average Bonchev–Trinajstić information content (AvgIpc) is 3.93. The third-order valence-electron chi connectivity index (χ3n) is 8.14. The Morgan fingerprint density at radius 3 is 1.58 bits per heavy atom. The topological polar surface area (TPSA) is 346 Å². The van der Waals surface area contributed by atoms with Gasteiger partial charge in [0.2, 0.25) is 0 Å². The van der Waals surface area contributed by atoms with Gasteiger partial charge in [-0.2, -0.15) is 8.42 Å². The van der Waals surface area contributed by atoms with Gasteiger partial charge in [-0.25, -0.2) is 43.7 Å². The van der Waals surface area contributed by atoms with Crippen LogP contribution in [0.15, 0.2) is 46.4 Å². The number of carbonyl (C=O) groups excluding carboxylic acids is 2. The molecule has 26 nitrogen and oxygen atoms in total. The van der Waals surface area contributed by atoms with Gasteiger partial charge in [0.05, 0.1) is 38.7 Å². The van der Waals surface area contributed by atoms with Crippen molar-refractivity contribution in [3.8, 4) is 0 Å². The van der Waals surface area contributed by atoms with E-state index in [4.69, 9.17) is 5.11 Å². The standard InChI is InChI=1S/C10H12N4O4.C9H10N4O4.C7H7N3O2.C5H10O5S.ClH/c1-5(9(16)18-3)14-4-11-7-6(14)8(15)13(2)10(17)12-7;1-4(8(15)16)13-3-10-6-5(13)7(14)12(2)9(17)11-6;1-10-6(11)4-2-3-8-5(4)9-7(10)12;1-4(5(6)9-2)10-11(3,7)8;/h4-5H,1-3H3,(H,12,17);3-4H,1-2H3,(H,11,17)(H,15,16);3H,2H2,1H3,(H,9,12);4H,1-3H3;1H/t5-;4-;;4-;/m00.1./s1. The van der Waals surface area contributed by atoms with Crippen molar-refractivity contribution >= 4 is 74.8 Å². The van der Waals surface area contributed by atoms with Gasteiger partial charge in [0, 0.05) is 33.8 Å². The maximum absolute atomic E-state index is 12.0. The maximum atomic E-state index is 12.0. The third-order valence-corrected chi connectivity index (χ3v) is 8.78. The van der Waals surface area contributed by atoms with E-state index in [0.717, 1.165) is 27.1 Å². The van der Waals surface area contributed by atoms with Crippen LogP contribution in [-0.2, 0) is 65.7 Å². The zero-order valence-corrected chi connectivity index (χ0v) is 34.4. The number of aliphatic carboxylic acids is 1. The van der Waals surface area contributed by atoms with E-state index in [1.165, 1.54) is 63.9 Å². The molecule has 0 fully saturated rings. The van der Waals surface area contributed by atoms with Gasteiger partial charge in [-0.1, -0.05) is 0 Å². The van der Waals surface area contributed by atoms with Crippen LogP contribution < -0.4 is 33.7 Å². The molecule has 28 heteroatoms. The maximum Gasteiger partial charge on any atom is 0.336 e. The summed E-state index contributed by atoms with van der Waals surface area (Å²) in [6, 6.07) is -1.63. The van der Waals surface area contributed by atoms with E-state index >= 15 is 0 Å². The molecule has 0 amide bonds. The van der Waals surface area contributed by atoms with E-state index in [2.05, 4.69) is 43.6 Å². The number of carbonyl (C=O) groups is 3. The second-order valence-corrected chi connectivity index (χ2v) is 13.7. The number of H-pyrrole nitrogens is 3. The van der Waals surface area contributed by atoms with Crippen LogP contribution in [-0.4, -0.2) is 112 Å². The minimum absolute atomic E-state index is 0. The minimum atomic E-state index is -3.58. The Morgan fingerprint density at radius 2 is 1.15 bits per heavy atom. The van der Waals surface area contributed by atoms with Crippen LogP contribution in [0.3, 0.4) is 0 Å². The molecule has 0 spiro atoms. The molecular formula is C31H40ClN11O15S. The van der Waals surface area contributed by atoms with Crippen LogP contribution >= 0.6 is 12.4 Å². The summed E-state index contributed by atoms with van der Waals surface area (Å²) in [4.78, 5) is 121. The van der Waals surface area contributed by atoms with Crippen molar-refractivity contribution in [2.45, 2.75) is 45.4 Å². The van der Waals surface area contributed by atoms with E-state index in [1.807, 2.05) is 0 Å². The number of carboxylic acid groups (broad SMARTS) is 1. The van der Waals surface area contributed by atoms with E-state index in [0.29, 0.717) is 17.8 Å². The third kappa shape index (κ3) is 11.0. The second-order valence-electron chi connectivity index (χ2n) is 12.1. The molecule has 6 rings (SSSR count). The molecule has 0 saturated heterocycles. The van der Waals surface area contributed by atoms with Crippen molar-refractivity contribution in [1.29, 1.82) is 0 Å². The summed E-state index contributed by atoms with van der Waals surface area (Å²) in [5.74, 6) is -1.89. The van der Waals surface area contributed by atoms with E-state index < -0.39 is 74.4 Å². The number of imidazole rings is 2. The highest BCUT2D eigenvalue weighted by atomic mass is 35.5. The van der Waals surface area contributed by atoms with Crippen molar-refractivity contribution in [2.75, 3.05) is 20.5 Å². The Balaban J connectivity index is 0.000000275. The fourth-order valence-corrected chi connectivity index (χ4v) is 5.44. The number of methoxy groups -OCH3 is 2. The van der Waals surface area contributed by atoms with Crippen LogP contribution in [0.1, 0.15) is 38.4 Å². The molecule has 5 aromatic heterocycles. The molecule has 5 aromatic rings. The number of esters is 2. The fraction of sp³-hybridized carbons (Fsp3) is 0.419. The number of hydrogen-bond donors (Lipinski definition) is 4. The number of fused-ring (bicyclic) bond motifs is 3. The first-order valence-corrected chi connectivity index (χ1v) is 18.2. The number of ether oxygens (including phenoxy) is 2. The number of rotatable bonds is 7. The number of aromatic nitrogens is 10. The zero-order valence-electron chi connectivity index (χ0n) is 32.7. The summed E-state index contributed by atoms with van der Waals surface area (Å²) >= 11 is 0. The Kier molecular flexibility index (Phi) is 16.1. The summed E-state index contributed by atoms with van der Waals surface area (Å²) < 4.78 is 39.4. The second kappa shape index (κ2) is 19.6. The first-order chi connectivity index (χ1) is 27.0. The predicted molar refractivity (Wildman–Crippen MR) is 209 cm³/mol. The van der Waals surface area contributed by atoms with E-state index in [1.54, 1.807) is 13.1 Å². The Labute approximate surface area is 336 Å². The lowest BCUT2D eigenvalue weighted by atomic mass is 10.3. The van der Waals surface area contributed by atoms with Crippen molar-refractivity contribution < 1.29 is 41.6 Å². The monoisotopic (exact) mass is 873 g/mol. The largest absolute Gasteiger partial charge is 0.480 e. The molecule has 0 radical (unpaired) electrons. The quantitative estimate of drug-likeness (QED) is 0.0970. The molecule has 0 unspecified atom stereocenters. The molecule has 6 heterocycles. The van der Waals surface area contributed by atoms with Gasteiger partial charge in [0.15, 0.2) is 28.4 Å². The van der Waals surface area contributed by atoms with Crippen LogP contribution in [0, 0.1) is 0 Å². The lowest BCUT2D eigenvalue weighted by Gasteiger charge is -2.11. The molecule has 1 aliphatic rings. The summed E-state index contributed by atoms with van der Waals surface area (Å²) in [7, 11) is 2.94. The zero-order chi connectivity index (χ0) is 44.0. The lowest BCUT2D eigenvalue weighted by molar-refractivity contribution is -0.147. The van der Waals surface area contributed by atoms with Crippen LogP contribution in [0.2, 0.25) is 0 Å². The highest BCUT2D eigenvalue weighted by Gasteiger charge is 2.22. The highest BCUT2D eigenvalue weighted by Crippen LogP contribution is 2.15. The van der Waals surface area contributed by atoms with E-state index in [-0.39, 0.29) is 40.3 Å². The normalized spacial score (nSPS) is 12.9. The van der Waals surface area contributed by atoms with Gasteiger partial charge in [-0.15, -0.1) is 12.4 Å². The first-order valence-electron chi connectivity index (χ1n) is 16.4. The fourth-order valence-electron chi connectivity index (χ4n) is 4.84. The Hall–Kier alpha value is -6.74. The molecule has 0 aromatic carbocycles. The average molecular weight is 874 g/mol. The molecule has 3 atom stereocenters. The van der Waals surface area contributed by atoms with Gasteiger partial charge in [0.25, 0.3) is 26.8 Å². The number of aromatic amines is 3. The Bertz CT molecular complexity index is 2900. The number of hydrogen-bond acceptors (Lipinski definition) is 17. The van der Waals surface area contributed by atoms with Crippen molar-refractivity contribution in [2.24, 2.45) is 26.1 Å². The summed E-state index contributed by atoms with van der Waals surface area (Å²) in [6.07, 6.45) is 4.47. The summed E-state index contributed by atoms with van der Waals surface area (Å²) in [5, 5.41) is 8.90. The van der Waals surface area contributed by atoms with Gasteiger partial charge < -0.3 is 23.7 Å². The first kappa shape index (κ1) is 48.4. The van der Waals surface area contributed by atoms with E-state index in [9.17, 15) is 51.6 Å². The molecule has 322 valence electrons. The van der Waals surface area contributed by atoms with Gasteiger partial charge in [0.1, 0.15) is 17.9 Å². The van der Waals surface area contributed by atoms with Crippen LogP contribution in [0.25, 0.3) is 22.3 Å². The number of aliphatic imine (C=N–C) groups is 1. The molecule has 4 N–H and O–H groups in total. The minimum Gasteiger partial charge on any atom is -0.480 e. The van der Waals surface area contributed by atoms with Gasteiger partial charge in [-0.3, -0.25) is 47.2 Å². The predicted octanol–water partition coefficient (Wildman–Crippen LogP) is -2.50.